The second-order valence-corrected chi connectivity index (χ2v) is 5.95. The van der Waals surface area contributed by atoms with E-state index in [1.807, 2.05) is 12.1 Å². The number of anilines is 1. The minimum atomic E-state index is 0.00847. The first kappa shape index (κ1) is 13.7. The van der Waals surface area contributed by atoms with Crippen LogP contribution in [0.4, 0.5) is 5.69 Å². The zero-order valence-electron chi connectivity index (χ0n) is 11.2. The van der Waals surface area contributed by atoms with Crippen molar-refractivity contribution in [1.29, 1.82) is 0 Å². The van der Waals surface area contributed by atoms with Crippen LogP contribution in [-0.4, -0.2) is 17.7 Å². The van der Waals surface area contributed by atoms with Gasteiger partial charge in [0.15, 0.2) is 0 Å². The molecule has 3 heteroatoms. The van der Waals surface area contributed by atoms with Crippen LogP contribution < -0.4 is 4.90 Å². The van der Waals surface area contributed by atoms with Crippen LogP contribution in [0.15, 0.2) is 18.2 Å². The molecule has 1 aliphatic rings. The van der Waals surface area contributed by atoms with Gasteiger partial charge < -0.3 is 10.0 Å². The average molecular weight is 268 g/mol. The quantitative estimate of drug-likeness (QED) is 0.846. The highest BCUT2D eigenvalue weighted by Crippen LogP contribution is 2.34. The molecule has 1 aromatic rings. The van der Waals surface area contributed by atoms with E-state index >= 15 is 0 Å². The van der Waals surface area contributed by atoms with Crippen LogP contribution in [-0.2, 0) is 6.61 Å². The number of benzene rings is 1. The van der Waals surface area contributed by atoms with Crippen LogP contribution in [0.1, 0.15) is 38.7 Å². The molecule has 18 heavy (non-hydrogen) atoms. The average Bonchev–Trinajstić information content (AvgIpc) is 3.13. The Balaban J connectivity index is 2.12. The van der Waals surface area contributed by atoms with E-state index in [0.29, 0.717) is 11.1 Å². The van der Waals surface area contributed by atoms with Gasteiger partial charge in [-0.25, -0.2) is 0 Å². The van der Waals surface area contributed by atoms with Crippen LogP contribution >= 0.6 is 11.6 Å². The van der Waals surface area contributed by atoms with E-state index in [9.17, 15) is 0 Å². The zero-order chi connectivity index (χ0) is 13.1. The minimum absolute atomic E-state index is 0.00847. The van der Waals surface area contributed by atoms with E-state index in [-0.39, 0.29) is 6.61 Å². The maximum atomic E-state index is 9.15. The van der Waals surface area contributed by atoms with Crippen molar-refractivity contribution in [1.82, 2.24) is 0 Å². The van der Waals surface area contributed by atoms with Crippen molar-refractivity contribution in [3.63, 3.8) is 0 Å². The van der Waals surface area contributed by atoms with Gasteiger partial charge in [0.05, 0.1) is 6.61 Å². The predicted octanol–water partition coefficient (Wildman–Crippen LogP) is 3.85. The third kappa shape index (κ3) is 3.39. The van der Waals surface area contributed by atoms with Crippen molar-refractivity contribution in [3.8, 4) is 0 Å². The van der Waals surface area contributed by atoms with E-state index in [1.165, 1.54) is 24.9 Å². The third-order valence-corrected chi connectivity index (χ3v) is 3.83. The van der Waals surface area contributed by atoms with Gasteiger partial charge in [-0.05, 0) is 42.9 Å². The first-order valence-corrected chi connectivity index (χ1v) is 7.15. The Bertz CT molecular complexity index is 401. The minimum Gasteiger partial charge on any atom is -0.392 e. The SMILES string of the molecule is CC(C)CCN(c1ccc(CO)c(Cl)c1)C1CC1. The fraction of sp³-hybridized carbons (Fsp3) is 0.600. The number of rotatable bonds is 6. The molecule has 1 saturated carbocycles. The van der Waals surface area contributed by atoms with E-state index in [1.54, 1.807) is 0 Å². The molecular weight excluding hydrogens is 246 g/mol. The number of nitrogens with zero attached hydrogens (tertiary/aromatic N) is 1. The Morgan fingerprint density at radius 1 is 1.39 bits per heavy atom. The summed E-state index contributed by atoms with van der Waals surface area (Å²) < 4.78 is 0. The summed E-state index contributed by atoms with van der Waals surface area (Å²) in [6.07, 6.45) is 3.78. The number of hydrogen-bond acceptors (Lipinski definition) is 2. The summed E-state index contributed by atoms with van der Waals surface area (Å²) in [5, 5.41) is 9.82. The van der Waals surface area contributed by atoms with Crippen LogP contribution in [0.25, 0.3) is 0 Å². The molecule has 0 heterocycles. The third-order valence-electron chi connectivity index (χ3n) is 3.47. The molecule has 0 saturated heterocycles. The van der Waals surface area contributed by atoms with Gasteiger partial charge in [0.2, 0.25) is 0 Å². The molecule has 0 spiro atoms. The smallest absolute Gasteiger partial charge is 0.0696 e. The molecule has 100 valence electrons. The van der Waals surface area contributed by atoms with Gasteiger partial charge in [0.25, 0.3) is 0 Å². The summed E-state index contributed by atoms with van der Waals surface area (Å²) in [6, 6.07) is 6.70. The predicted molar refractivity (Wildman–Crippen MR) is 77.2 cm³/mol. The first-order chi connectivity index (χ1) is 8.61. The summed E-state index contributed by atoms with van der Waals surface area (Å²) in [4.78, 5) is 2.47. The molecule has 1 fully saturated rings. The van der Waals surface area contributed by atoms with Gasteiger partial charge >= 0.3 is 0 Å². The number of aliphatic hydroxyl groups is 1. The molecular formula is C15H22ClNO. The Morgan fingerprint density at radius 3 is 2.61 bits per heavy atom. The normalized spacial score (nSPS) is 15.2. The highest BCUT2D eigenvalue weighted by molar-refractivity contribution is 6.31. The van der Waals surface area contributed by atoms with Gasteiger partial charge in [0, 0.05) is 23.3 Å². The second-order valence-electron chi connectivity index (χ2n) is 5.54. The van der Waals surface area contributed by atoms with Crippen LogP contribution in [0.2, 0.25) is 5.02 Å². The molecule has 1 N–H and O–H groups in total. The van der Waals surface area contributed by atoms with E-state index in [4.69, 9.17) is 16.7 Å². The Morgan fingerprint density at radius 2 is 2.11 bits per heavy atom. The second kappa shape index (κ2) is 5.94. The van der Waals surface area contributed by atoms with Gasteiger partial charge in [0.1, 0.15) is 0 Å². The fourth-order valence-corrected chi connectivity index (χ4v) is 2.38. The van der Waals surface area contributed by atoms with Gasteiger partial charge in [-0.15, -0.1) is 0 Å². The summed E-state index contributed by atoms with van der Waals surface area (Å²) in [5.74, 6) is 0.721. The molecule has 0 unspecified atom stereocenters. The fourth-order valence-electron chi connectivity index (χ4n) is 2.15. The molecule has 2 nitrogen and oxygen atoms in total. The van der Waals surface area contributed by atoms with Crippen molar-refractivity contribution < 1.29 is 5.11 Å². The largest absolute Gasteiger partial charge is 0.392 e. The molecule has 0 atom stereocenters. The molecule has 2 rings (SSSR count). The van der Waals surface area contributed by atoms with E-state index in [0.717, 1.165) is 18.0 Å². The molecule has 0 aliphatic heterocycles. The lowest BCUT2D eigenvalue weighted by molar-refractivity contribution is 0.282. The summed E-state index contributed by atoms with van der Waals surface area (Å²) in [5.41, 5.74) is 2.00. The van der Waals surface area contributed by atoms with Crippen LogP contribution in [0.3, 0.4) is 0 Å². The van der Waals surface area contributed by atoms with Crippen LogP contribution in [0.5, 0.6) is 0 Å². The lowest BCUT2D eigenvalue weighted by atomic mass is 10.1. The highest BCUT2D eigenvalue weighted by Gasteiger charge is 2.29. The van der Waals surface area contributed by atoms with Gasteiger partial charge in [-0.2, -0.15) is 0 Å². The van der Waals surface area contributed by atoms with Crippen molar-refractivity contribution in [2.24, 2.45) is 5.92 Å². The first-order valence-electron chi connectivity index (χ1n) is 6.77. The molecule has 0 bridgehead atoms. The van der Waals surface area contributed by atoms with E-state index in [2.05, 4.69) is 24.8 Å². The highest BCUT2D eigenvalue weighted by atomic mass is 35.5. The molecule has 1 aromatic carbocycles. The summed E-state index contributed by atoms with van der Waals surface area (Å²) in [7, 11) is 0. The standard InChI is InChI=1S/C15H22ClNO/c1-11(2)7-8-17(13-5-6-13)14-4-3-12(10-18)15(16)9-14/h3-4,9,11,13,18H,5-8,10H2,1-2H3. The molecule has 0 amide bonds. The topological polar surface area (TPSA) is 23.5 Å². The van der Waals surface area contributed by atoms with Crippen molar-refractivity contribution in [2.45, 2.75) is 45.8 Å². The summed E-state index contributed by atoms with van der Waals surface area (Å²) >= 11 is 6.17. The van der Waals surface area contributed by atoms with Crippen molar-refractivity contribution in [2.75, 3.05) is 11.4 Å². The van der Waals surface area contributed by atoms with Gasteiger partial charge in [-0.1, -0.05) is 31.5 Å². The maximum absolute atomic E-state index is 9.15. The monoisotopic (exact) mass is 267 g/mol. The summed E-state index contributed by atoms with van der Waals surface area (Å²) in [6.45, 7) is 5.62. The van der Waals surface area contributed by atoms with Crippen molar-refractivity contribution in [3.05, 3.63) is 28.8 Å². The number of halogens is 1. The lowest BCUT2D eigenvalue weighted by Crippen LogP contribution is -2.27. The Kier molecular flexibility index (Phi) is 4.52. The van der Waals surface area contributed by atoms with E-state index < -0.39 is 0 Å². The lowest BCUT2D eigenvalue weighted by Gasteiger charge is -2.26. The van der Waals surface area contributed by atoms with Crippen LogP contribution in [0, 0.1) is 5.92 Å². The number of hydrogen-bond donors (Lipinski definition) is 1. The molecule has 0 aromatic heterocycles. The Hall–Kier alpha value is -0.730. The zero-order valence-corrected chi connectivity index (χ0v) is 12.0. The van der Waals surface area contributed by atoms with Gasteiger partial charge in [-0.3, -0.25) is 0 Å². The molecule has 0 radical (unpaired) electrons. The number of aliphatic hydroxyl groups excluding tert-OH is 1. The van der Waals surface area contributed by atoms with Crippen molar-refractivity contribution >= 4 is 17.3 Å². The molecule has 1 aliphatic carbocycles. The maximum Gasteiger partial charge on any atom is 0.0696 e. The Labute approximate surface area is 115 Å².